The number of hydrogen-bond donors (Lipinski definition) is 3. The van der Waals surface area contributed by atoms with Crippen molar-refractivity contribution >= 4 is 34.7 Å². The van der Waals surface area contributed by atoms with E-state index in [9.17, 15) is 10.2 Å². The van der Waals surface area contributed by atoms with E-state index in [1.807, 2.05) is 60.7 Å². The zero-order valence-corrected chi connectivity index (χ0v) is 19.2. The summed E-state index contributed by atoms with van der Waals surface area (Å²) in [4.78, 5) is 14.9. The maximum atomic E-state index is 13.0. The molecule has 4 rings (SSSR count). The topological polar surface area (TPSA) is 77.1 Å². The first kappa shape index (κ1) is 23.6. The third kappa shape index (κ3) is 5.99. The summed E-state index contributed by atoms with van der Waals surface area (Å²) in [5, 5.41) is 15.5. The fraction of sp³-hybridized carbons (Fsp3) is 0.280. The fourth-order valence-corrected chi connectivity index (χ4v) is 3.95. The highest BCUT2D eigenvalue weighted by Crippen LogP contribution is 2.36. The summed E-state index contributed by atoms with van der Waals surface area (Å²) in [6.45, 7) is 6.06. The number of anilines is 1. The van der Waals surface area contributed by atoms with Gasteiger partial charge in [-0.1, -0.05) is 60.7 Å². The number of likely N-dealkylation sites (N-methyl/N-ethyl adjacent to an activating group) is 1. The molecule has 1 unspecified atom stereocenters. The number of benzene rings is 2. The van der Waals surface area contributed by atoms with Crippen LogP contribution >= 0.6 is 12.2 Å². The summed E-state index contributed by atoms with van der Waals surface area (Å²) in [7, 11) is 2.20. The van der Waals surface area contributed by atoms with Gasteiger partial charge in [-0.25, -0.2) is 0 Å². The average Bonchev–Trinajstić information content (AvgIpc) is 2.80. The van der Waals surface area contributed by atoms with Crippen LogP contribution in [0.3, 0.4) is 0 Å². The van der Waals surface area contributed by atoms with Gasteiger partial charge in [-0.15, -0.1) is 0 Å². The second kappa shape index (κ2) is 11.5. The molecule has 166 valence electrons. The second-order valence-electron chi connectivity index (χ2n) is 7.75. The second-order valence-corrected chi connectivity index (χ2v) is 8.16. The van der Waals surface area contributed by atoms with Crippen LogP contribution in [0.25, 0.3) is 5.41 Å². The van der Waals surface area contributed by atoms with Crippen molar-refractivity contribution in [1.82, 2.24) is 5.32 Å². The average molecular weight is 449 g/mol. The van der Waals surface area contributed by atoms with Gasteiger partial charge in [0.15, 0.2) is 0 Å². The van der Waals surface area contributed by atoms with E-state index in [1.165, 1.54) is 13.1 Å². The Kier molecular flexibility index (Phi) is 8.48. The molecule has 7 heteroatoms. The summed E-state index contributed by atoms with van der Waals surface area (Å²) < 4.78 is 5.12. The number of hydrogen-bond acceptors (Lipinski definition) is 3. The molecule has 2 heterocycles. The highest BCUT2D eigenvalue weighted by molar-refractivity contribution is 7.80. The molecule has 3 N–H and O–H groups in total. The van der Waals surface area contributed by atoms with Gasteiger partial charge in [0, 0.05) is 28.4 Å². The Labute approximate surface area is 194 Å². The van der Waals surface area contributed by atoms with Gasteiger partial charge in [-0.2, -0.15) is 0 Å². The number of carbonyl (C=O) groups excluding carboxylic acids is 1. The maximum absolute atomic E-state index is 13.0. The Balaban J connectivity index is 0.000000352. The minimum absolute atomic E-state index is 0.250. The Hall–Kier alpha value is -3.09. The zero-order valence-electron chi connectivity index (χ0n) is 18.4. The molecular formula is C25H28N4O2S. The number of allylic oxidation sites excluding steroid dienone is 1. The molecule has 0 aliphatic carbocycles. The molecule has 2 aliphatic heterocycles. The predicted molar refractivity (Wildman–Crippen MR) is 132 cm³/mol. The van der Waals surface area contributed by atoms with Crippen LogP contribution in [0.1, 0.15) is 18.4 Å². The summed E-state index contributed by atoms with van der Waals surface area (Å²) >= 11 is 5.31. The molecule has 0 bridgehead atoms. The lowest BCUT2D eigenvalue weighted by atomic mass is 9.81. The van der Waals surface area contributed by atoms with Gasteiger partial charge in [0.05, 0.1) is 20.3 Å². The maximum Gasteiger partial charge on any atom is 0.254 e. The van der Waals surface area contributed by atoms with E-state index in [0.29, 0.717) is 27.5 Å². The highest BCUT2D eigenvalue weighted by atomic mass is 32.1. The molecule has 1 fully saturated rings. The third-order valence-electron chi connectivity index (χ3n) is 5.40. The molecule has 1 atom stereocenters. The van der Waals surface area contributed by atoms with E-state index >= 15 is 0 Å². The highest BCUT2D eigenvalue weighted by Gasteiger charge is 2.33. The fourth-order valence-electron chi connectivity index (χ4n) is 3.63. The number of nitrogens with zero attached hydrogens (tertiary/aromatic N) is 1. The van der Waals surface area contributed by atoms with E-state index in [0.717, 1.165) is 18.8 Å². The largest absolute Gasteiger partial charge is 0.763 e. The van der Waals surface area contributed by atoms with Gasteiger partial charge in [0.1, 0.15) is 18.1 Å². The lowest BCUT2D eigenvalue weighted by Crippen LogP contribution is -3.11. The molecule has 1 saturated heterocycles. The summed E-state index contributed by atoms with van der Waals surface area (Å²) in [6, 6.07) is 18.7. The molecule has 6 nitrogen and oxygen atoms in total. The van der Waals surface area contributed by atoms with Crippen LogP contribution in [0.4, 0.5) is 5.69 Å². The van der Waals surface area contributed by atoms with Crippen LogP contribution in [0.2, 0.25) is 0 Å². The number of para-hydroxylation sites is 1. The number of amides is 1. The molecular weight excluding hydrogens is 420 g/mol. The molecule has 32 heavy (non-hydrogen) atoms. The number of ether oxygens (including phenoxy) is 1. The lowest BCUT2D eigenvalue weighted by Gasteiger charge is -2.31. The third-order valence-corrected chi connectivity index (χ3v) is 5.72. The molecule has 0 saturated carbocycles. The van der Waals surface area contributed by atoms with Crippen LogP contribution in [-0.4, -0.2) is 50.1 Å². The standard InChI is InChI=1S/C20H16N3OS.C5H11NO/c1-13-17(19(24)23-15-10-6-3-7-11-15)18(14-8-4-2-5-9-14)16(12-21)20(25)22-13;1-6-2-4-7-5-3-6/h2-11,18H,1H3,(H,22,25)(H,23,24);2-5H2,1H3/q-1;/p+1. The smallest absolute Gasteiger partial charge is 0.254 e. The monoisotopic (exact) mass is 448 g/mol. The molecule has 1 amide bonds. The van der Waals surface area contributed by atoms with Gasteiger partial charge in [0.2, 0.25) is 0 Å². The minimum Gasteiger partial charge on any atom is -0.763 e. The first-order valence-corrected chi connectivity index (χ1v) is 11.0. The summed E-state index contributed by atoms with van der Waals surface area (Å²) in [6.07, 6.45) is 0. The Morgan fingerprint density at radius 1 is 1.12 bits per heavy atom. The number of quaternary nitrogens is 1. The quantitative estimate of drug-likeness (QED) is 0.383. The van der Waals surface area contributed by atoms with E-state index in [-0.39, 0.29) is 5.91 Å². The first-order valence-electron chi connectivity index (χ1n) is 10.6. The lowest BCUT2D eigenvalue weighted by molar-refractivity contribution is -0.888. The Morgan fingerprint density at radius 3 is 2.25 bits per heavy atom. The molecule has 0 radical (unpaired) electrons. The van der Waals surface area contributed by atoms with Crippen LogP contribution in [0.5, 0.6) is 0 Å². The van der Waals surface area contributed by atoms with Gasteiger partial charge in [-0.3, -0.25) is 10.7 Å². The zero-order chi connectivity index (χ0) is 22.9. The summed E-state index contributed by atoms with van der Waals surface area (Å²) in [5.41, 5.74) is 3.10. The van der Waals surface area contributed by atoms with E-state index in [1.54, 1.807) is 11.8 Å². The Bertz CT molecular complexity index is 1020. The number of morpholine rings is 1. The molecule has 0 spiro atoms. The molecule has 2 aromatic rings. The first-order chi connectivity index (χ1) is 15.5. The van der Waals surface area contributed by atoms with Gasteiger partial charge in [-0.05, 0) is 24.6 Å². The number of carbonyl (C=O) groups is 1. The van der Waals surface area contributed by atoms with Gasteiger partial charge in [0.25, 0.3) is 5.91 Å². The van der Waals surface area contributed by atoms with Crippen molar-refractivity contribution in [2.24, 2.45) is 0 Å². The number of nitrogens with one attached hydrogen (secondary N) is 3. The molecule has 2 aliphatic rings. The van der Waals surface area contributed by atoms with E-state index in [4.69, 9.17) is 17.0 Å². The normalized spacial score (nSPS) is 18.8. The number of rotatable bonds is 3. The van der Waals surface area contributed by atoms with Crippen molar-refractivity contribution in [3.63, 3.8) is 0 Å². The van der Waals surface area contributed by atoms with Crippen LogP contribution < -0.4 is 15.5 Å². The summed E-state index contributed by atoms with van der Waals surface area (Å²) in [5.74, 6) is 1.44. The number of thiocarbonyl (C=S) groups is 1. The van der Waals surface area contributed by atoms with Gasteiger partial charge < -0.3 is 25.7 Å². The van der Waals surface area contributed by atoms with E-state index in [2.05, 4.69) is 23.6 Å². The van der Waals surface area contributed by atoms with Crippen molar-refractivity contribution in [2.75, 3.05) is 38.7 Å². The van der Waals surface area contributed by atoms with Crippen molar-refractivity contribution in [2.45, 2.75) is 12.8 Å². The minimum atomic E-state index is -0.483. The SMILES string of the molecule is CC1=C(C(=O)Nc2ccccc2)C(c2ccccc2)C(=C=[N-])C(=S)N1.C[NH+]1CCOCC1. The van der Waals surface area contributed by atoms with E-state index < -0.39 is 5.92 Å². The van der Waals surface area contributed by atoms with Crippen molar-refractivity contribution in [3.8, 4) is 0 Å². The molecule has 2 aromatic carbocycles. The molecule has 0 aromatic heterocycles. The van der Waals surface area contributed by atoms with Crippen LogP contribution in [0, 0.1) is 0 Å². The van der Waals surface area contributed by atoms with Gasteiger partial charge >= 0.3 is 0 Å². The predicted octanol–water partition coefficient (Wildman–Crippen LogP) is 2.31. The Morgan fingerprint density at radius 2 is 1.72 bits per heavy atom. The van der Waals surface area contributed by atoms with Crippen molar-refractivity contribution in [1.29, 1.82) is 0 Å². The van der Waals surface area contributed by atoms with Crippen molar-refractivity contribution < 1.29 is 14.4 Å². The van der Waals surface area contributed by atoms with Crippen LogP contribution in [-0.2, 0) is 9.53 Å². The van der Waals surface area contributed by atoms with Crippen molar-refractivity contribution in [3.05, 3.63) is 88.5 Å². The van der Waals surface area contributed by atoms with Crippen LogP contribution in [0.15, 0.2) is 77.5 Å².